The molecule has 1 aliphatic heterocycles. The molecule has 0 radical (unpaired) electrons. The van der Waals surface area contributed by atoms with Gasteiger partial charge in [0.25, 0.3) is 11.8 Å². The van der Waals surface area contributed by atoms with E-state index in [0.29, 0.717) is 18.1 Å². The van der Waals surface area contributed by atoms with Gasteiger partial charge in [-0.3, -0.25) is 14.6 Å². The minimum absolute atomic E-state index is 0.0110. The van der Waals surface area contributed by atoms with Gasteiger partial charge in [0.2, 0.25) is 0 Å². The number of aromatic nitrogens is 3. The molecule has 4 rings (SSSR count). The Morgan fingerprint density at radius 3 is 2.73 bits per heavy atom. The molecule has 218 valence electrons. The zero-order valence-electron chi connectivity index (χ0n) is 23.5. The summed E-state index contributed by atoms with van der Waals surface area (Å²) in [5, 5.41) is 5.94. The number of anilines is 2. The van der Waals surface area contributed by atoms with E-state index in [9.17, 15) is 9.59 Å². The summed E-state index contributed by atoms with van der Waals surface area (Å²) in [7, 11) is 3.41. The van der Waals surface area contributed by atoms with Gasteiger partial charge in [-0.15, -0.1) is 0 Å². The maximum atomic E-state index is 12.9. The molecule has 1 aromatic carbocycles. The Morgan fingerprint density at radius 1 is 1.20 bits per heavy atom. The molecule has 0 spiro atoms. The first kappa shape index (κ1) is 30.0. The number of amides is 2. The van der Waals surface area contributed by atoms with Gasteiger partial charge in [-0.05, 0) is 68.1 Å². The Bertz CT molecular complexity index is 1310. The van der Waals surface area contributed by atoms with E-state index >= 15 is 0 Å². The van der Waals surface area contributed by atoms with Crippen molar-refractivity contribution in [3.63, 3.8) is 0 Å². The number of piperidine rings is 1. The first-order valence-corrected chi connectivity index (χ1v) is 14.1. The van der Waals surface area contributed by atoms with E-state index in [1.54, 1.807) is 31.4 Å². The highest BCUT2D eigenvalue weighted by Gasteiger charge is 2.24. The number of nitrogen functional groups attached to an aromatic ring is 1. The lowest BCUT2D eigenvalue weighted by atomic mass is 10.0. The van der Waals surface area contributed by atoms with Crippen LogP contribution in [0.1, 0.15) is 40.9 Å². The lowest BCUT2D eigenvalue weighted by Crippen LogP contribution is -2.48. The highest BCUT2D eigenvalue weighted by atomic mass is 35.5. The van der Waals surface area contributed by atoms with Crippen molar-refractivity contribution >= 4 is 35.1 Å². The van der Waals surface area contributed by atoms with Crippen LogP contribution in [0.3, 0.4) is 0 Å². The van der Waals surface area contributed by atoms with Crippen LogP contribution in [-0.4, -0.2) is 82.9 Å². The molecular formula is C29H37ClN8O3. The smallest absolute Gasteiger partial charge is 0.274 e. The molecule has 3 aromatic rings. The number of ether oxygens (including phenoxy) is 1. The van der Waals surface area contributed by atoms with Crippen molar-refractivity contribution in [2.75, 3.05) is 51.4 Å². The fraction of sp³-hybridized carbons (Fsp3) is 0.414. The SMILES string of the molecule is CNc1nc(N)c(Cl)nc1C(=O)NC1CCCN(CCCc2ccc(OCC(=O)N(C)Cc3cccnc3)cc2)C1. The molecule has 0 aliphatic carbocycles. The van der Waals surface area contributed by atoms with Crippen LogP contribution in [-0.2, 0) is 17.8 Å². The van der Waals surface area contributed by atoms with E-state index in [0.717, 1.165) is 50.9 Å². The number of rotatable bonds is 12. The molecule has 11 nitrogen and oxygen atoms in total. The lowest BCUT2D eigenvalue weighted by molar-refractivity contribution is -0.132. The van der Waals surface area contributed by atoms with Crippen molar-refractivity contribution < 1.29 is 14.3 Å². The van der Waals surface area contributed by atoms with Gasteiger partial charge in [0, 0.05) is 45.6 Å². The second-order valence-corrected chi connectivity index (χ2v) is 10.5. The second kappa shape index (κ2) is 14.6. The molecule has 0 saturated carbocycles. The van der Waals surface area contributed by atoms with Gasteiger partial charge in [-0.2, -0.15) is 0 Å². The normalized spacial score (nSPS) is 15.2. The van der Waals surface area contributed by atoms with Gasteiger partial charge in [-0.1, -0.05) is 29.8 Å². The van der Waals surface area contributed by atoms with Gasteiger partial charge >= 0.3 is 0 Å². The van der Waals surface area contributed by atoms with Crippen molar-refractivity contribution in [3.05, 3.63) is 70.8 Å². The number of pyridine rings is 1. The molecule has 1 atom stereocenters. The molecular weight excluding hydrogens is 544 g/mol. The predicted octanol–water partition coefficient (Wildman–Crippen LogP) is 3.01. The van der Waals surface area contributed by atoms with Crippen LogP contribution in [0.4, 0.5) is 11.6 Å². The summed E-state index contributed by atoms with van der Waals surface area (Å²) in [4.78, 5) is 41.6. The Morgan fingerprint density at radius 2 is 2.00 bits per heavy atom. The van der Waals surface area contributed by atoms with E-state index in [-0.39, 0.29) is 41.1 Å². The van der Waals surface area contributed by atoms with Gasteiger partial charge in [0.05, 0.1) is 0 Å². The largest absolute Gasteiger partial charge is 0.484 e. The third kappa shape index (κ3) is 8.76. The maximum absolute atomic E-state index is 12.9. The number of halogens is 1. The van der Waals surface area contributed by atoms with Crippen molar-refractivity contribution in [1.82, 2.24) is 30.1 Å². The zero-order valence-corrected chi connectivity index (χ0v) is 24.2. The van der Waals surface area contributed by atoms with Crippen molar-refractivity contribution in [3.8, 4) is 5.75 Å². The lowest BCUT2D eigenvalue weighted by Gasteiger charge is -2.33. The van der Waals surface area contributed by atoms with Crippen LogP contribution in [0.25, 0.3) is 0 Å². The van der Waals surface area contributed by atoms with Crippen LogP contribution < -0.4 is 21.1 Å². The molecule has 2 aromatic heterocycles. The number of hydrogen-bond donors (Lipinski definition) is 3. The number of nitrogens with one attached hydrogen (secondary N) is 2. The topological polar surface area (TPSA) is 139 Å². The van der Waals surface area contributed by atoms with Crippen LogP contribution in [0, 0.1) is 0 Å². The minimum Gasteiger partial charge on any atom is -0.484 e. The average Bonchev–Trinajstić information content (AvgIpc) is 2.98. The maximum Gasteiger partial charge on any atom is 0.274 e. The summed E-state index contributed by atoms with van der Waals surface area (Å²) in [5.74, 6) is 0.629. The van der Waals surface area contributed by atoms with E-state index < -0.39 is 0 Å². The van der Waals surface area contributed by atoms with Crippen LogP contribution in [0.15, 0.2) is 48.8 Å². The summed E-state index contributed by atoms with van der Waals surface area (Å²) >= 11 is 5.99. The fourth-order valence-electron chi connectivity index (χ4n) is 4.76. The quantitative estimate of drug-likeness (QED) is 0.295. The van der Waals surface area contributed by atoms with Gasteiger partial charge in [-0.25, -0.2) is 9.97 Å². The molecule has 41 heavy (non-hydrogen) atoms. The Hall–Kier alpha value is -3.96. The standard InChI is InChI=1S/C29H37ClN8O3/c1-32-28-25(35-26(30)27(31)36-28)29(40)34-22-8-5-15-38(18-22)14-4-7-20-9-11-23(12-10-20)41-19-24(39)37(2)17-21-6-3-13-33-16-21/h3,6,9-13,16,22H,4-5,7-8,14-15,17-19H2,1-2H3,(H,34,40)(H3,31,32,36). The second-order valence-electron chi connectivity index (χ2n) is 10.1. The number of carbonyl (C=O) groups is 2. The number of benzene rings is 1. The molecule has 12 heteroatoms. The first-order chi connectivity index (χ1) is 19.8. The molecule has 1 unspecified atom stereocenters. The summed E-state index contributed by atoms with van der Waals surface area (Å²) in [6, 6.07) is 11.7. The molecule has 1 saturated heterocycles. The van der Waals surface area contributed by atoms with Gasteiger partial charge in [0.1, 0.15) is 5.75 Å². The Kier molecular flexibility index (Phi) is 10.7. The van der Waals surface area contributed by atoms with E-state index in [4.69, 9.17) is 22.1 Å². The van der Waals surface area contributed by atoms with Crippen molar-refractivity contribution in [1.29, 1.82) is 0 Å². The summed E-state index contributed by atoms with van der Waals surface area (Å²) in [6.45, 7) is 3.17. The minimum atomic E-state index is -0.320. The van der Waals surface area contributed by atoms with Gasteiger partial charge < -0.3 is 30.9 Å². The summed E-state index contributed by atoms with van der Waals surface area (Å²) < 4.78 is 5.71. The van der Waals surface area contributed by atoms with Crippen LogP contribution in [0.5, 0.6) is 5.75 Å². The molecule has 1 aliphatic rings. The number of nitrogens with zero attached hydrogens (tertiary/aromatic N) is 5. The monoisotopic (exact) mass is 580 g/mol. The molecule has 2 amide bonds. The third-order valence-electron chi connectivity index (χ3n) is 6.96. The Balaban J connectivity index is 1.18. The number of likely N-dealkylation sites (tertiary alicyclic amines) is 1. The van der Waals surface area contributed by atoms with E-state index in [1.165, 1.54) is 5.56 Å². The molecule has 0 bridgehead atoms. The third-order valence-corrected chi connectivity index (χ3v) is 7.24. The fourth-order valence-corrected chi connectivity index (χ4v) is 4.89. The summed E-state index contributed by atoms with van der Waals surface area (Å²) in [6.07, 6.45) is 7.27. The molecule has 1 fully saturated rings. The first-order valence-electron chi connectivity index (χ1n) is 13.7. The number of nitrogens with two attached hydrogens (primary N) is 1. The number of likely N-dealkylation sites (N-methyl/N-ethyl adjacent to an activating group) is 1. The predicted molar refractivity (Wildman–Crippen MR) is 159 cm³/mol. The van der Waals surface area contributed by atoms with E-state index in [2.05, 4.69) is 30.5 Å². The van der Waals surface area contributed by atoms with Gasteiger partial charge in [0.15, 0.2) is 29.1 Å². The van der Waals surface area contributed by atoms with Crippen LogP contribution >= 0.6 is 11.6 Å². The number of carbonyl (C=O) groups excluding carboxylic acids is 2. The molecule has 4 N–H and O–H groups in total. The van der Waals surface area contributed by atoms with E-state index in [1.807, 2.05) is 36.4 Å². The van der Waals surface area contributed by atoms with Crippen LogP contribution in [0.2, 0.25) is 5.15 Å². The number of hydrogen-bond acceptors (Lipinski definition) is 9. The van der Waals surface area contributed by atoms with Crippen molar-refractivity contribution in [2.45, 2.75) is 38.3 Å². The number of aryl methyl sites for hydroxylation is 1. The average molecular weight is 581 g/mol. The highest BCUT2D eigenvalue weighted by molar-refractivity contribution is 6.31. The molecule has 3 heterocycles. The van der Waals surface area contributed by atoms with Crippen molar-refractivity contribution in [2.24, 2.45) is 0 Å². The Labute approximate surface area is 245 Å². The highest BCUT2D eigenvalue weighted by Crippen LogP contribution is 2.20. The summed E-state index contributed by atoms with van der Waals surface area (Å²) in [5.41, 5.74) is 8.03. The zero-order chi connectivity index (χ0) is 29.2.